The second-order valence-corrected chi connectivity index (χ2v) is 6.88. The molecule has 1 aromatic rings. The number of fused-ring (bicyclic) bond motifs is 1. The van der Waals surface area contributed by atoms with Crippen molar-refractivity contribution in [2.24, 2.45) is 5.92 Å². The zero-order chi connectivity index (χ0) is 16.8. The molecular formula is C17H21F4NO. The van der Waals surface area contributed by atoms with E-state index in [1.54, 1.807) is 12.1 Å². The summed E-state index contributed by atoms with van der Waals surface area (Å²) in [6.45, 7) is 4.64. The molecule has 0 saturated carbocycles. The number of halogens is 4. The van der Waals surface area contributed by atoms with Crippen LogP contribution in [0.4, 0.5) is 17.6 Å². The van der Waals surface area contributed by atoms with E-state index in [1.807, 2.05) is 0 Å². The van der Waals surface area contributed by atoms with Gasteiger partial charge in [-0.3, -0.25) is 4.90 Å². The molecule has 0 N–H and O–H groups in total. The summed E-state index contributed by atoms with van der Waals surface area (Å²) in [7, 11) is 0. The maximum absolute atomic E-state index is 14.0. The summed E-state index contributed by atoms with van der Waals surface area (Å²) in [5.41, 5.74) is 0.807. The van der Waals surface area contributed by atoms with E-state index in [9.17, 15) is 17.6 Å². The predicted molar refractivity (Wildman–Crippen MR) is 78.9 cm³/mol. The molecule has 3 atom stereocenters. The van der Waals surface area contributed by atoms with Gasteiger partial charge in [0, 0.05) is 18.1 Å². The molecule has 0 aromatic heterocycles. The van der Waals surface area contributed by atoms with E-state index in [1.165, 1.54) is 12.1 Å². The van der Waals surface area contributed by atoms with E-state index in [0.717, 1.165) is 18.4 Å². The summed E-state index contributed by atoms with van der Waals surface area (Å²) in [6, 6.07) is 6.06. The quantitative estimate of drug-likeness (QED) is 0.734. The number of nitrogens with zero attached hydrogens (tertiary/aromatic N) is 1. The second kappa shape index (κ2) is 5.65. The molecule has 6 heteroatoms. The van der Waals surface area contributed by atoms with Gasteiger partial charge in [0.1, 0.15) is 11.9 Å². The molecule has 1 aromatic carbocycles. The van der Waals surface area contributed by atoms with E-state index < -0.39 is 12.5 Å². The number of alkyl halides is 4. The van der Waals surface area contributed by atoms with Gasteiger partial charge in [0.25, 0.3) is 0 Å². The van der Waals surface area contributed by atoms with Crippen molar-refractivity contribution in [1.82, 2.24) is 4.90 Å². The smallest absolute Gasteiger partial charge is 0.406 e. The molecule has 128 valence electrons. The Morgan fingerprint density at radius 3 is 2.43 bits per heavy atom. The normalized spacial score (nSPS) is 31.6. The molecule has 23 heavy (non-hydrogen) atoms. The first-order valence-electron chi connectivity index (χ1n) is 7.98. The van der Waals surface area contributed by atoms with Crippen molar-refractivity contribution in [3.8, 4) is 5.75 Å². The Morgan fingerprint density at radius 2 is 1.87 bits per heavy atom. The van der Waals surface area contributed by atoms with Crippen molar-refractivity contribution < 1.29 is 22.3 Å². The van der Waals surface area contributed by atoms with Crippen LogP contribution >= 0.6 is 0 Å². The largest absolute Gasteiger partial charge is 0.573 e. The molecule has 0 unspecified atom stereocenters. The van der Waals surface area contributed by atoms with Crippen LogP contribution in [0.2, 0.25) is 0 Å². The van der Waals surface area contributed by atoms with Gasteiger partial charge in [-0.25, -0.2) is 4.39 Å². The highest BCUT2D eigenvalue weighted by atomic mass is 19.4. The van der Waals surface area contributed by atoms with E-state index in [2.05, 4.69) is 23.5 Å². The van der Waals surface area contributed by atoms with Crippen molar-refractivity contribution in [3.63, 3.8) is 0 Å². The van der Waals surface area contributed by atoms with Gasteiger partial charge in [-0.15, -0.1) is 13.2 Å². The number of benzene rings is 1. The Balaban J connectivity index is 1.80. The SMILES string of the molecule is CC(C)[C@@]12CC[C@H](c3ccc(OC(F)(F)F)cc3)N1C[C@H](F)C2. The molecule has 0 radical (unpaired) electrons. The fourth-order valence-corrected chi connectivity index (χ4v) is 4.28. The Kier molecular flexibility index (Phi) is 4.07. The van der Waals surface area contributed by atoms with Crippen LogP contribution < -0.4 is 4.74 Å². The van der Waals surface area contributed by atoms with E-state index in [-0.39, 0.29) is 17.3 Å². The van der Waals surface area contributed by atoms with Gasteiger partial charge in [-0.05, 0) is 42.9 Å². The van der Waals surface area contributed by atoms with Gasteiger partial charge in [0.05, 0.1) is 0 Å². The van der Waals surface area contributed by atoms with Crippen molar-refractivity contribution in [2.75, 3.05) is 6.54 Å². The second-order valence-electron chi connectivity index (χ2n) is 6.88. The van der Waals surface area contributed by atoms with Crippen molar-refractivity contribution in [2.45, 2.75) is 57.2 Å². The average Bonchev–Trinajstić information content (AvgIpc) is 2.93. The van der Waals surface area contributed by atoms with Crippen LogP contribution in [0.5, 0.6) is 5.75 Å². The van der Waals surface area contributed by atoms with Gasteiger partial charge in [-0.1, -0.05) is 26.0 Å². The lowest BCUT2D eigenvalue weighted by atomic mass is 9.82. The van der Waals surface area contributed by atoms with Crippen molar-refractivity contribution in [3.05, 3.63) is 29.8 Å². The highest BCUT2D eigenvalue weighted by Gasteiger charge is 2.54. The minimum atomic E-state index is -4.68. The minimum Gasteiger partial charge on any atom is -0.406 e. The van der Waals surface area contributed by atoms with Crippen LogP contribution in [0.3, 0.4) is 0 Å². The molecule has 2 aliphatic heterocycles. The first-order chi connectivity index (χ1) is 10.7. The minimum absolute atomic E-state index is 0.0677. The van der Waals surface area contributed by atoms with Crippen LogP contribution in [0.15, 0.2) is 24.3 Å². The summed E-state index contributed by atoms with van der Waals surface area (Å²) in [5.74, 6) is 0.125. The molecular weight excluding hydrogens is 310 g/mol. The molecule has 0 amide bonds. The van der Waals surface area contributed by atoms with E-state index in [4.69, 9.17) is 0 Å². The monoisotopic (exact) mass is 331 g/mol. The van der Waals surface area contributed by atoms with Crippen LogP contribution in [0, 0.1) is 5.92 Å². The van der Waals surface area contributed by atoms with Gasteiger partial charge in [0.2, 0.25) is 0 Å². The number of rotatable bonds is 3. The molecule has 2 saturated heterocycles. The third-order valence-corrected chi connectivity index (χ3v) is 5.34. The molecule has 2 nitrogen and oxygen atoms in total. The highest BCUT2D eigenvalue weighted by Crippen LogP contribution is 2.52. The summed E-state index contributed by atoms with van der Waals surface area (Å²) in [5, 5.41) is 0. The number of hydrogen-bond acceptors (Lipinski definition) is 2. The fraction of sp³-hybridized carbons (Fsp3) is 0.647. The maximum Gasteiger partial charge on any atom is 0.573 e. The van der Waals surface area contributed by atoms with E-state index in [0.29, 0.717) is 18.9 Å². The zero-order valence-electron chi connectivity index (χ0n) is 13.2. The molecule has 0 aliphatic carbocycles. The Morgan fingerprint density at radius 1 is 1.22 bits per heavy atom. The van der Waals surface area contributed by atoms with Gasteiger partial charge in [-0.2, -0.15) is 0 Å². The molecule has 0 spiro atoms. The molecule has 2 heterocycles. The average molecular weight is 331 g/mol. The number of ether oxygens (including phenoxy) is 1. The Labute approximate surface area is 133 Å². The van der Waals surface area contributed by atoms with Crippen molar-refractivity contribution in [1.29, 1.82) is 0 Å². The van der Waals surface area contributed by atoms with Crippen molar-refractivity contribution >= 4 is 0 Å². The van der Waals surface area contributed by atoms with Crippen LogP contribution in [-0.4, -0.2) is 29.5 Å². The third kappa shape index (κ3) is 3.05. The van der Waals surface area contributed by atoms with Gasteiger partial charge in [0.15, 0.2) is 0 Å². The Hall–Kier alpha value is -1.30. The lowest BCUT2D eigenvalue weighted by Crippen LogP contribution is -2.43. The van der Waals surface area contributed by atoms with Crippen LogP contribution in [0.1, 0.15) is 44.7 Å². The first kappa shape index (κ1) is 16.6. The fourth-order valence-electron chi connectivity index (χ4n) is 4.28. The summed E-state index contributed by atoms with van der Waals surface area (Å²) in [4.78, 5) is 2.22. The molecule has 0 bridgehead atoms. The number of hydrogen-bond donors (Lipinski definition) is 0. The highest BCUT2D eigenvalue weighted by molar-refractivity contribution is 5.31. The first-order valence-corrected chi connectivity index (χ1v) is 7.98. The maximum atomic E-state index is 14.0. The van der Waals surface area contributed by atoms with E-state index >= 15 is 0 Å². The molecule has 2 aliphatic rings. The molecule has 2 fully saturated rings. The standard InChI is InChI=1S/C17H21F4NO/c1-11(2)16-8-7-15(22(16)10-13(18)9-16)12-3-5-14(6-4-12)23-17(19,20)21/h3-6,11,13,15H,7-10H2,1-2H3/t13-,15-,16+/m1/s1. The summed E-state index contributed by atoms with van der Waals surface area (Å²) < 4.78 is 54.6. The predicted octanol–water partition coefficient (Wildman–Crippen LogP) is 4.86. The van der Waals surface area contributed by atoms with Crippen LogP contribution in [0.25, 0.3) is 0 Å². The third-order valence-electron chi connectivity index (χ3n) is 5.34. The topological polar surface area (TPSA) is 12.5 Å². The summed E-state index contributed by atoms with van der Waals surface area (Å²) >= 11 is 0. The lowest BCUT2D eigenvalue weighted by Gasteiger charge is -2.38. The Bertz CT molecular complexity index is 557. The summed E-state index contributed by atoms with van der Waals surface area (Å²) in [6.07, 6.45) is -3.12. The van der Waals surface area contributed by atoms with Gasteiger partial charge < -0.3 is 4.74 Å². The van der Waals surface area contributed by atoms with Gasteiger partial charge >= 0.3 is 6.36 Å². The zero-order valence-corrected chi connectivity index (χ0v) is 13.2. The van der Waals surface area contributed by atoms with Crippen LogP contribution in [-0.2, 0) is 0 Å². The molecule has 3 rings (SSSR count). The lowest BCUT2D eigenvalue weighted by molar-refractivity contribution is -0.274.